The second kappa shape index (κ2) is 6.50. The Morgan fingerprint density at radius 3 is 3.11 bits per heavy atom. The van der Waals surface area contributed by atoms with Crippen LogP contribution in [0.15, 0.2) is 18.2 Å². The van der Waals surface area contributed by atoms with Crippen molar-refractivity contribution in [2.45, 2.75) is 19.4 Å². The number of benzene rings is 1. The first-order chi connectivity index (χ1) is 8.69. The van der Waals surface area contributed by atoms with Crippen LogP contribution in [0.5, 0.6) is 0 Å². The van der Waals surface area contributed by atoms with E-state index in [9.17, 15) is 4.39 Å². The summed E-state index contributed by atoms with van der Waals surface area (Å²) < 4.78 is 13.7. The molecule has 1 aromatic rings. The van der Waals surface area contributed by atoms with Gasteiger partial charge in [-0.3, -0.25) is 4.90 Å². The number of rotatable bonds is 4. The lowest BCUT2D eigenvalue weighted by molar-refractivity contribution is 0.165. The van der Waals surface area contributed by atoms with E-state index < -0.39 is 0 Å². The molecule has 1 aromatic carbocycles. The van der Waals surface area contributed by atoms with Crippen molar-refractivity contribution in [2.24, 2.45) is 5.92 Å². The van der Waals surface area contributed by atoms with Gasteiger partial charge in [0, 0.05) is 23.7 Å². The smallest absolute Gasteiger partial charge is 0.127 e. The van der Waals surface area contributed by atoms with Crippen molar-refractivity contribution in [3.05, 3.63) is 34.6 Å². The van der Waals surface area contributed by atoms with Crippen LogP contribution < -0.4 is 5.32 Å². The quantitative estimate of drug-likeness (QED) is 0.905. The molecule has 2 rings (SSSR count). The first kappa shape index (κ1) is 13.8. The fourth-order valence-electron chi connectivity index (χ4n) is 2.66. The summed E-state index contributed by atoms with van der Waals surface area (Å²) in [6.45, 7) is 3.78. The Bertz CT molecular complexity index is 395. The van der Waals surface area contributed by atoms with Gasteiger partial charge in [-0.1, -0.05) is 11.6 Å². The highest BCUT2D eigenvalue weighted by molar-refractivity contribution is 6.30. The molecule has 1 saturated heterocycles. The lowest BCUT2D eigenvalue weighted by Crippen LogP contribution is -2.38. The van der Waals surface area contributed by atoms with Gasteiger partial charge in [0.05, 0.1) is 0 Å². The number of piperidine rings is 1. The molecule has 4 heteroatoms. The van der Waals surface area contributed by atoms with Crippen LogP contribution in [0, 0.1) is 11.7 Å². The van der Waals surface area contributed by atoms with Crippen molar-refractivity contribution in [3.63, 3.8) is 0 Å². The van der Waals surface area contributed by atoms with Crippen LogP contribution in [0.4, 0.5) is 4.39 Å². The van der Waals surface area contributed by atoms with E-state index in [2.05, 4.69) is 10.2 Å². The van der Waals surface area contributed by atoms with Gasteiger partial charge in [-0.25, -0.2) is 4.39 Å². The monoisotopic (exact) mass is 270 g/mol. The van der Waals surface area contributed by atoms with Gasteiger partial charge in [-0.2, -0.15) is 0 Å². The van der Waals surface area contributed by atoms with Crippen molar-refractivity contribution in [3.8, 4) is 0 Å². The highest BCUT2D eigenvalue weighted by Gasteiger charge is 2.20. The Balaban J connectivity index is 1.98. The third-order valence-electron chi connectivity index (χ3n) is 3.50. The average molecular weight is 271 g/mol. The highest BCUT2D eigenvalue weighted by Crippen LogP contribution is 2.21. The highest BCUT2D eigenvalue weighted by atomic mass is 35.5. The summed E-state index contributed by atoms with van der Waals surface area (Å²) in [5.41, 5.74) is 0.701. The third kappa shape index (κ3) is 3.67. The molecule has 0 radical (unpaired) electrons. The number of nitrogens with one attached hydrogen (secondary N) is 1. The van der Waals surface area contributed by atoms with E-state index in [0.717, 1.165) is 19.6 Å². The molecule has 2 nitrogen and oxygen atoms in total. The molecule has 0 amide bonds. The predicted molar refractivity (Wildman–Crippen MR) is 73.3 cm³/mol. The minimum atomic E-state index is -0.157. The summed E-state index contributed by atoms with van der Waals surface area (Å²) in [5, 5.41) is 3.83. The number of hydrogen-bond donors (Lipinski definition) is 1. The Morgan fingerprint density at radius 1 is 1.50 bits per heavy atom. The van der Waals surface area contributed by atoms with Crippen LogP contribution in [0.3, 0.4) is 0 Å². The van der Waals surface area contributed by atoms with Gasteiger partial charge >= 0.3 is 0 Å². The van der Waals surface area contributed by atoms with E-state index in [1.165, 1.54) is 18.9 Å². The summed E-state index contributed by atoms with van der Waals surface area (Å²) in [4.78, 5) is 2.32. The molecule has 1 fully saturated rings. The van der Waals surface area contributed by atoms with E-state index in [0.29, 0.717) is 23.0 Å². The van der Waals surface area contributed by atoms with E-state index in [-0.39, 0.29) is 5.82 Å². The summed E-state index contributed by atoms with van der Waals surface area (Å²) in [6, 6.07) is 4.78. The number of nitrogens with zero attached hydrogens (tertiary/aromatic N) is 1. The number of halogens is 2. The summed E-state index contributed by atoms with van der Waals surface area (Å²) in [6.07, 6.45) is 2.45. The van der Waals surface area contributed by atoms with Gasteiger partial charge in [0.25, 0.3) is 0 Å². The molecule has 18 heavy (non-hydrogen) atoms. The minimum absolute atomic E-state index is 0.157. The van der Waals surface area contributed by atoms with E-state index in [1.807, 2.05) is 7.05 Å². The maximum atomic E-state index is 13.7. The lowest BCUT2D eigenvalue weighted by Gasteiger charge is -2.32. The second-order valence-electron chi connectivity index (χ2n) is 5.04. The molecule has 1 atom stereocenters. The first-order valence-electron chi connectivity index (χ1n) is 6.50. The average Bonchev–Trinajstić information content (AvgIpc) is 2.35. The second-order valence-corrected chi connectivity index (χ2v) is 5.47. The minimum Gasteiger partial charge on any atom is -0.319 e. The topological polar surface area (TPSA) is 15.3 Å². The standard InChI is InChI=1S/C14H20ClFN2/c1-17-8-11-3-2-6-18(9-11)10-12-7-13(15)4-5-14(12)16/h4-5,7,11,17H,2-3,6,8-10H2,1H3. The Labute approximate surface area is 113 Å². The number of likely N-dealkylation sites (tertiary alicyclic amines) is 1. The van der Waals surface area contributed by atoms with E-state index in [1.54, 1.807) is 12.1 Å². The van der Waals surface area contributed by atoms with Crippen molar-refractivity contribution in [1.29, 1.82) is 0 Å². The first-order valence-corrected chi connectivity index (χ1v) is 6.87. The summed E-state index contributed by atoms with van der Waals surface area (Å²) in [5.74, 6) is 0.515. The van der Waals surface area contributed by atoms with Crippen LogP contribution in [0.2, 0.25) is 5.02 Å². The molecule has 0 aromatic heterocycles. The fraction of sp³-hybridized carbons (Fsp3) is 0.571. The molecule has 0 saturated carbocycles. The Kier molecular flexibility index (Phi) is 4.98. The van der Waals surface area contributed by atoms with Crippen LogP contribution in [0.1, 0.15) is 18.4 Å². The fourth-order valence-corrected chi connectivity index (χ4v) is 2.85. The molecule has 1 aliphatic heterocycles. The largest absolute Gasteiger partial charge is 0.319 e. The van der Waals surface area contributed by atoms with Crippen molar-refractivity contribution in [1.82, 2.24) is 10.2 Å². The molecule has 1 unspecified atom stereocenters. The number of hydrogen-bond acceptors (Lipinski definition) is 2. The van der Waals surface area contributed by atoms with Gasteiger partial charge in [0.2, 0.25) is 0 Å². The van der Waals surface area contributed by atoms with Gasteiger partial charge in [0.15, 0.2) is 0 Å². The van der Waals surface area contributed by atoms with Crippen LogP contribution in [-0.2, 0) is 6.54 Å². The van der Waals surface area contributed by atoms with Crippen molar-refractivity contribution < 1.29 is 4.39 Å². The molecular formula is C14H20ClFN2. The molecule has 1 N–H and O–H groups in total. The van der Waals surface area contributed by atoms with Crippen molar-refractivity contribution in [2.75, 3.05) is 26.7 Å². The zero-order chi connectivity index (χ0) is 13.0. The van der Waals surface area contributed by atoms with E-state index in [4.69, 9.17) is 11.6 Å². The van der Waals surface area contributed by atoms with Crippen LogP contribution in [-0.4, -0.2) is 31.6 Å². The van der Waals surface area contributed by atoms with Crippen molar-refractivity contribution >= 4 is 11.6 Å². The molecule has 1 heterocycles. The zero-order valence-corrected chi connectivity index (χ0v) is 11.5. The molecule has 100 valence electrons. The molecule has 0 bridgehead atoms. The Morgan fingerprint density at radius 2 is 2.33 bits per heavy atom. The maximum Gasteiger partial charge on any atom is 0.127 e. The van der Waals surface area contributed by atoms with Gasteiger partial charge in [0.1, 0.15) is 5.82 Å². The maximum absolute atomic E-state index is 13.7. The summed E-state index contributed by atoms with van der Waals surface area (Å²) in [7, 11) is 1.98. The predicted octanol–water partition coefficient (Wildman–Crippen LogP) is 2.91. The van der Waals surface area contributed by atoms with Gasteiger partial charge in [-0.15, -0.1) is 0 Å². The van der Waals surface area contributed by atoms with Crippen LogP contribution in [0.25, 0.3) is 0 Å². The van der Waals surface area contributed by atoms with Gasteiger partial charge in [-0.05, 0) is 57.1 Å². The molecule has 0 spiro atoms. The molecule has 1 aliphatic rings. The van der Waals surface area contributed by atoms with Crippen LogP contribution >= 0.6 is 11.6 Å². The van der Waals surface area contributed by atoms with E-state index >= 15 is 0 Å². The van der Waals surface area contributed by atoms with Gasteiger partial charge < -0.3 is 5.32 Å². The zero-order valence-electron chi connectivity index (χ0n) is 10.8. The third-order valence-corrected chi connectivity index (χ3v) is 3.73. The Hall–Kier alpha value is -0.640. The molecular weight excluding hydrogens is 251 g/mol. The lowest BCUT2D eigenvalue weighted by atomic mass is 9.97. The normalized spacial score (nSPS) is 21.2. The SMILES string of the molecule is CNCC1CCCN(Cc2cc(Cl)ccc2F)C1. The summed E-state index contributed by atoms with van der Waals surface area (Å²) >= 11 is 5.92. The molecule has 0 aliphatic carbocycles.